The summed E-state index contributed by atoms with van der Waals surface area (Å²) in [6, 6.07) is 7.57. The molecule has 3 N–H and O–H groups in total. The zero-order chi connectivity index (χ0) is 10.7. The van der Waals surface area contributed by atoms with Gasteiger partial charge in [0.1, 0.15) is 5.75 Å². The number of phenols is 1. The van der Waals surface area contributed by atoms with Gasteiger partial charge in [-0.3, -0.25) is 0 Å². The van der Waals surface area contributed by atoms with E-state index in [1.165, 1.54) is 0 Å². The first kappa shape index (κ1) is 10.3. The van der Waals surface area contributed by atoms with Crippen molar-refractivity contribution in [3.63, 3.8) is 0 Å². The molecule has 1 aliphatic carbocycles. The zero-order valence-electron chi connectivity index (χ0n) is 8.69. The number of hydrogen-bond donors (Lipinski definition) is 3. The third kappa shape index (κ3) is 2.86. The second-order valence-electron chi connectivity index (χ2n) is 4.20. The van der Waals surface area contributed by atoms with Crippen molar-refractivity contribution in [3.8, 4) is 5.75 Å². The Kier molecular flexibility index (Phi) is 3.11. The summed E-state index contributed by atoms with van der Waals surface area (Å²) >= 11 is 0. The van der Waals surface area contributed by atoms with Crippen LogP contribution in [0.5, 0.6) is 5.75 Å². The van der Waals surface area contributed by atoms with Crippen molar-refractivity contribution in [1.82, 2.24) is 0 Å². The normalized spacial score (nSPS) is 26.2. The number of aliphatic hydroxyl groups excluding tert-OH is 1. The summed E-state index contributed by atoms with van der Waals surface area (Å²) in [6.45, 7) is 0. The Morgan fingerprint density at radius 3 is 2.20 bits per heavy atom. The second-order valence-corrected chi connectivity index (χ2v) is 4.20. The fourth-order valence-corrected chi connectivity index (χ4v) is 2.01. The van der Waals surface area contributed by atoms with Gasteiger partial charge in [0.05, 0.1) is 6.10 Å². The second kappa shape index (κ2) is 4.53. The van der Waals surface area contributed by atoms with Crippen molar-refractivity contribution in [2.24, 2.45) is 0 Å². The minimum atomic E-state index is -0.108. The van der Waals surface area contributed by atoms with E-state index in [0.29, 0.717) is 11.8 Å². The fraction of sp³-hybridized carbons (Fsp3) is 0.500. The Morgan fingerprint density at radius 1 is 1.00 bits per heavy atom. The van der Waals surface area contributed by atoms with E-state index in [0.717, 1.165) is 31.4 Å². The van der Waals surface area contributed by atoms with Crippen LogP contribution in [0.3, 0.4) is 0 Å². The highest BCUT2D eigenvalue weighted by Crippen LogP contribution is 2.23. The van der Waals surface area contributed by atoms with Crippen LogP contribution in [0.2, 0.25) is 0 Å². The van der Waals surface area contributed by atoms with Gasteiger partial charge in [0.15, 0.2) is 0 Å². The number of phenolic OH excluding ortho intramolecular Hbond substituents is 1. The molecule has 0 aromatic heterocycles. The molecule has 0 saturated heterocycles. The molecule has 0 bridgehead atoms. The molecule has 1 saturated carbocycles. The highest BCUT2D eigenvalue weighted by molar-refractivity contribution is 5.46. The molecule has 0 aliphatic heterocycles. The van der Waals surface area contributed by atoms with Crippen LogP contribution in [0.15, 0.2) is 24.3 Å². The molecule has 1 aliphatic rings. The molecule has 0 unspecified atom stereocenters. The summed E-state index contributed by atoms with van der Waals surface area (Å²) < 4.78 is 0. The largest absolute Gasteiger partial charge is 0.508 e. The Hall–Kier alpha value is -1.22. The van der Waals surface area contributed by atoms with Crippen molar-refractivity contribution in [1.29, 1.82) is 0 Å². The van der Waals surface area contributed by atoms with E-state index < -0.39 is 0 Å². The van der Waals surface area contributed by atoms with Gasteiger partial charge in [0.2, 0.25) is 0 Å². The number of anilines is 1. The number of benzene rings is 1. The summed E-state index contributed by atoms with van der Waals surface area (Å²) in [6.07, 6.45) is 3.69. The quantitative estimate of drug-likeness (QED) is 0.651. The van der Waals surface area contributed by atoms with E-state index in [-0.39, 0.29) is 6.10 Å². The first-order valence-corrected chi connectivity index (χ1v) is 5.47. The fourth-order valence-electron chi connectivity index (χ4n) is 2.01. The highest BCUT2D eigenvalue weighted by Gasteiger charge is 2.18. The first-order valence-electron chi connectivity index (χ1n) is 5.47. The molecule has 0 atom stereocenters. The van der Waals surface area contributed by atoms with Gasteiger partial charge in [-0.05, 0) is 49.9 Å². The number of rotatable bonds is 2. The molecule has 2 rings (SSSR count). The molecule has 0 spiro atoms. The molecule has 1 aromatic rings. The van der Waals surface area contributed by atoms with Crippen LogP contribution in [-0.4, -0.2) is 22.4 Å². The molecule has 82 valence electrons. The molecule has 0 radical (unpaired) electrons. The number of aliphatic hydroxyl groups is 1. The molecular weight excluding hydrogens is 190 g/mol. The topological polar surface area (TPSA) is 52.5 Å². The van der Waals surface area contributed by atoms with Crippen molar-refractivity contribution in [3.05, 3.63) is 24.3 Å². The predicted octanol–water partition coefficient (Wildman–Crippen LogP) is 2.11. The van der Waals surface area contributed by atoms with Gasteiger partial charge in [-0.1, -0.05) is 0 Å². The lowest BCUT2D eigenvalue weighted by Crippen LogP contribution is -2.28. The van der Waals surface area contributed by atoms with Crippen LogP contribution in [0.4, 0.5) is 5.69 Å². The first-order chi connectivity index (χ1) is 7.24. The summed E-state index contributed by atoms with van der Waals surface area (Å²) in [7, 11) is 0. The maximum absolute atomic E-state index is 9.37. The molecule has 15 heavy (non-hydrogen) atoms. The van der Waals surface area contributed by atoms with Crippen LogP contribution in [0.1, 0.15) is 25.7 Å². The van der Waals surface area contributed by atoms with Crippen LogP contribution in [0, 0.1) is 0 Å². The van der Waals surface area contributed by atoms with Gasteiger partial charge in [0.25, 0.3) is 0 Å². The van der Waals surface area contributed by atoms with E-state index in [4.69, 9.17) is 5.11 Å². The standard InChI is InChI=1S/C12H17NO2/c14-11-5-1-9(2-6-11)13-10-3-7-12(15)8-4-10/h1-2,5-6,10,12-15H,3-4,7-8H2. The molecule has 3 heteroatoms. The van der Waals surface area contributed by atoms with Gasteiger partial charge in [-0.25, -0.2) is 0 Å². The Bertz CT molecular complexity index is 302. The van der Waals surface area contributed by atoms with E-state index in [9.17, 15) is 5.11 Å². The lowest BCUT2D eigenvalue weighted by molar-refractivity contribution is 0.126. The highest BCUT2D eigenvalue weighted by atomic mass is 16.3. The van der Waals surface area contributed by atoms with E-state index in [1.54, 1.807) is 12.1 Å². The third-order valence-corrected chi connectivity index (χ3v) is 2.93. The van der Waals surface area contributed by atoms with Gasteiger partial charge in [-0.2, -0.15) is 0 Å². The number of aromatic hydroxyl groups is 1. The summed E-state index contributed by atoms with van der Waals surface area (Å²) in [4.78, 5) is 0. The van der Waals surface area contributed by atoms with Crippen LogP contribution in [-0.2, 0) is 0 Å². The molecule has 1 aromatic carbocycles. The Balaban J connectivity index is 1.89. The van der Waals surface area contributed by atoms with Crippen molar-refractivity contribution >= 4 is 5.69 Å². The lowest BCUT2D eigenvalue weighted by Gasteiger charge is -2.27. The average molecular weight is 207 g/mol. The SMILES string of the molecule is Oc1ccc(NC2CCC(O)CC2)cc1. The summed E-state index contributed by atoms with van der Waals surface area (Å²) in [5.74, 6) is 0.291. The van der Waals surface area contributed by atoms with Crippen LogP contribution in [0.25, 0.3) is 0 Å². The van der Waals surface area contributed by atoms with E-state index in [1.807, 2.05) is 12.1 Å². The van der Waals surface area contributed by atoms with Gasteiger partial charge in [-0.15, -0.1) is 0 Å². The molecule has 0 amide bonds. The average Bonchev–Trinajstić information content (AvgIpc) is 2.25. The van der Waals surface area contributed by atoms with Crippen molar-refractivity contribution in [2.45, 2.75) is 37.8 Å². The summed E-state index contributed by atoms with van der Waals surface area (Å²) in [5.41, 5.74) is 1.04. The van der Waals surface area contributed by atoms with Crippen LogP contribution >= 0.6 is 0 Å². The number of nitrogens with one attached hydrogen (secondary N) is 1. The maximum Gasteiger partial charge on any atom is 0.115 e. The lowest BCUT2D eigenvalue weighted by atomic mass is 9.93. The smallest absolute Gasteiger partial charge is 0.115 e. The van der Waals surface area contributed by atoms with Crippen LogP contribution < -0.4 is 5.32 Å². The summed E-state index contributed by atoms with van der Waals surface area (Å²) in [5, 5.41) is 21.9. The molecular formula is C12H17NO2. The maximum atomic E-state index is 9.37. The minimum Gasteiger partial charge on any atom is -0.508 e. The third-order valence-electron chi connectivity index (χ3n) is 2.93. The zero-order valence-corrected chi connectivity index (χ0v) is 8.69. The van der Waals surface area contributed by atoms with Crippen molar-refractivity contribution in [2.75, 3.05) is 5.32 Å². The monoisotopic (exact) mass is 207 g/mol. The predicted molar refractivity (Wildman–Crippen MR) is 60.0 cm³/mol. The molecule has 3 nitrogen and oxygen atoms in total. The Morgan fingerprint density at radius 2 is 1.60 bits per heavy atom. The van der Waals surface area contributed by atoms with Gasteiger partial charge >= 0.3 is 0 Å². The van der Waals surface area contributed by atoms with Gasteiger partial charge < -0.3 is 15.5 Å². The number of hydrogen-bond acceptors (Lipinski definition) is 3. The van der Waals surface area contributed by atoms with E-state index >= 15 is 0 Å². The minimum absolute atomic E-state index is 0.108. The van der Waals surface area contributed by atoms with E-state index in [2.05, 4.69) is 5.32 Å². The van der Waals surface area contributed by atoms with Gasteiger partial charge in [0, 0.05) is 11.7 Å². The molecule has 1 fully saturated rings. The molecule has 0 heterocycles. The Labute approximate surface area is 89.8 Å². The van der Waals surface area contributed by atoms with Crippen molar-refractivity contribution < 1.29 is 10.2 Å².